The van der Waals surface area contributed by atoms with Crippen molar-refractivity contribution in [2.45, 2.75) is 44.2 Å². The molecule has 3 aromatic rings. The number of fused-ring (bicyclic) bond motifs is 2. The Bertz CT molecular complexity index is 1100. The minimum Gasteiger partial charge on any atom is -0.507 e. The van der Waals surface area contributed by atoms with Crippen LogP contribution in [0, 0.1) is 11.7 Å². The molecule has 7 nitrogen and oxygen atoms in total. The summed E-state index contributed by atoms with van der Waals surface area (Å²) in [5.41, 5.74) is 2.13. The molecular formula is C22H23FN6O. The number of hydrogen-bond donors (Lipinski definition) is 2. The molecule has 0 radical (unpaired) electrons. The second-order valence-corrected chi connectivity index (χ2v) is 8.56. The van der Waals surface area contributed by atoms with Gasteiger partial charge >= 0.3 is 0 Å². The minimum atomic E-state index is -0.517. The maximum absolute atomic E-state index is 14.6. The standard InChI is InChI=1S/C22H23FN6O/c1-13(14-7-15-3-4-22(2,10-14)26-15)18-11-25-21(28-27-18)16-8-17(23)19(9-20(16)30)29-6-5-24-12-29/h5-6,8-9,11-12,14-15,26,30H,1,3-4,7,10H2,2H3/t14?,15?,22-/m0/s1. The number of nitrogens with one attached hydrogen (secondary N) is 1. The highest BCUT2D eigenvalue weighted by Crippen LogP contribution is 2.43. The van der Waals surface area contributed by atoms with Gasteiger partial charge in [0.2, 0.25) is 0 Å². The van der Waals surface area contributed by atoms with Crippen LogP contribution >= 0.6 is 0 Å². The lowest BCUT2D eigenvalue weighted by Gasteiger charge is -2.37. The summed E-state index contributed by atoms with van der Waals surface area (Å²) in [7, 11) is 0. The summed E-state index contributed by atoms with van der Waals surface area (Å²) in [6.07, 6.45) is 10.7. The van der Waals surface area contributed by atoms with Crippen LogP contribution in [-0.2, 0) is 0 Å². The van der Waals surface area contributed by atoms with Crippen molar-refractivity contribution in [3.63, 3.8) is 0 Å². The Balaban J connectivity index is 1.39. The Labute approximate surface area is 173 Å². The predicted octanol–water partition coefficient (Wildman–Crippen LogP) is 3.50. The molecule has 0 amide bonds. The van der Waals surface area contributed by atoms with Gasteiger partial charge in [-0.2, -0.15) is 0 Å². The Morgan fingerprint density at radius 3 is 2.93 bits per heavy atom. The van der Waals surface area contributed by atoms with Crippen LogP contribution in [0.2, 0.25) is 0 Å². The Morgan fingerprint density at radius 1 is 1.37 bits per heavy atom. The summed E-state index contributed by atoms with van der Waals surface area (Å²) >= 11 is 0. The first-order valence-corrected chi connectivity index (χ1v) is 10.1. The van der Waals surface area contributed by atoms with Crippen molar-refractivity contribution in [1.29, 1.82) is 0 Å². The van der Waals surface area contributed by atoms with Gasteiger partial charge in [-0.3, -0.25) is 0 Å². The van der Waals surface area contributed by atoms with Gasteiger partial charge in [-0.25, -0.2) is 14.4 Å². The lowest BCUT2D eigenvalue weighted by atomic mass is 9.80. The fourth-order valence-corrected chi connectivity index (χ4v) is 4.79. The SMILES string of the molecule is C=C(c1cnc(-c2cc(F)c(-n3ccnc3)cc2O)nn1)C1CC2CC[C@@](C)(C1)N2. The number of benzene rings is 1. The zero-order valence-corrected chi connectivity index (χ0v) is 16.7. The van der Waals surface area contributed by atoms with E-state index in [0.717, 1.165) is 18.4 Å². The van der Waals surface area contributed by atoms with Crippen LogP contribution in [0.4, 0.5) is 4.39 Å². The van der Waals surface area contributed by atoms with Crippen molar-refractivity contribution in [1.82, 2.24) is 30.0 Å². The first-order valence-electron chi connectivity index (χ1n) is 10.1. The molecule has 2 unspecified atom stereocenters. The lowest BCUT2D eigenvalue weighted by molar-refractivity contribution is 0.261. The van der Waals surface area contributed by atoms with Crippen LogP contribution < -0.4 is 5.32 Å². The molecule has 2 saturated heterocycles. The van der Waals surface area contributed by atoms with Crippen LogP contribution in [0.1, 0.15) is 38.3 Å². The highest BCUT2D eigenvalue weighted by molar-refractivity contribution is 5.67. The first-order chi connectivity index (χ1) is 14.4. The Hall–Kier alpha value is -3.13. The van der Waals surface area contributed by atoms with Crippen LogP contribution in [-0.4, -0.2) is 41.4 Å². The number of halogens is 1. The van der Waals surface area contributed by atoms with Crippen LogP contribution in [0.5, 0.6) is 5.75 Å². The second kappa shape index (κ2) is 6.98. The highest BCUT2D eigenvalue weighted by atomic mass is 19.1. The summed E-state index contributed by atoms with van der Waals surface area (Å²) in [6, 6.07) is 3.06. The maximum Gasteiger partial charge on any atom is 0.185 e. The van der Waals surface area contributed by atoms with E-state index in [1.807, 2.05) is 0 Å². The summed E-state index contributed by atoms with van der Waals surface area (Å²) in [5.74, 6) is -0.142. The zero-order valence-electron chi connectivity index (χ0n) is 16.7. The monoisotopic (exact) mass is 406 g/mol. The van der Waals surface area contributed by atoms with Gasteiger partial charge < -0.3 is 15.0 Å². The minimum absolute atomic E-state index is 0.128. The number of piperidine rings is 1. The van der Waals surface area contributed by atoms with Gasteiger partial charge in [-0.05, 0) is 50.2 Å². The van der Waals surface area contributed by atoms with Gasteiger partial charge in [0.15, 0.2) is 5.82 Å². The molecule has 2 N–H and O–H groups in total. The van der Waals surface area contributed by atoms with Crippen molar-refractivity contribution in [2.24, 2.45) is 5.92 Å². The molecule has 3 atom stereocenters. The molecule has 0 aliphatic carbocycles. The van der Waals surface area contributed by atoms with Gasteiger partial charge in [0, 0.05) is 30.0 Å². The number of aromatic nitrogens is 5. The van der Waals surface area contributed by atoms with E-state index in [1.165, 1.54) is 42.1 Å². The molecule has 2 fully saturated rings. The van der Waals surface area contributed by atoms with Crippen molar-refractivity contribution in [2.75, 3.05) is 0 Å². The van der Waals surface area contributed by atoms with Crippen LogP contribution in [0.25, 0.3) is 22.6 Å². The molecule has 8 heteroatoms. The van der Waals surface area contributed by atoms with E-state index in [1.54, 1.807) is 12.4 Å². The number of nitrogens with zero attached hydrogens (tertiary/aromatic N) is 5. The number of imidazole rings is 1. The number of aromatic hydroxyl groups is 1. The van der Waals surface area contributed by atoms with Gasteiger partial charge in [0.05, 0.1) is 23.8 Å². The molecule has 0 saturated carbocycles. The largest absolute Gasteiger partial charge is 0.507 e. The molecule has 2 bridgehead atoms. The third kappa shape index (κ3) is 3.27. The van der Waals surface area contributed by atoms with Crippen molar-refractivity contribution in [3.05, 3.63) is 55.1 Å². The van der Waals surface area contributed by atoms with Gasteiger partial charge in [-0.1, -0.05) is 6.58 Å². The van der Waals surface area contributed by atoms with E-state index in [4.69, 9.17) is 0 Å². The van der Waals surface area contributed by atoms with E-state index in [2.05, 4.69) is 39.0 Å². The molecule has 2 aliphatic rings. The molecule has 30 heavy (non-hydrogen) atoms. The number of phenolic OH excluding ortho intramolecular Hbond substituents is 1. The molecule has 2 aliphatic heterocycles. The molecule has 4 heterocycles. The quantitative estimate of drug-likeness (QED) is 0.689. The number of allylic oxidation sites excluding steroid dienone is 1. The summed E-state index contributed by atoms with van der Waals surface area (Å²) < 4.78 is 16.1. The molecule has 5 rings (SSSR count). The third-order valence-corrected chi connectivity index (χ3v) is 6.34. The smallest absolute Gasteiger partial charge is 0.185 e. The highest BCUT2D eigenvalue weighted by Gasteiger charge is 2.42. The molecule has 1 aromatic carbocycles. The molecule has 0 spiro atoms. The van der Waals surface area contributed by atoms with E-state index >= 15 is 0 Å². The van der Waals surface area contributed by atoms with Crippen molar-refractivity contribution >= 4 is 5.57 Å². The van der Waals surface area contributed by atoms with Crippen molar-refractivity contribution in [3.8, 4) is 22.8 Å². The molecule has 154 valence electrons. The molecular weight excluding hydrogens is 383 g/mol. The predicted molar refractivity (Wildman–Crippen MR) is 110 cm³/mol. The van der Waals surface area contributed by atoms with E-state index in [9.17, 15) is 9.50 Å². The zero-order chi connectivity index (χ0) is 20.9. The van der Waals surface area contributed by atoms with Crippen LogP contribution in [0.3, 0.4) is 0 Å². The summed E-state index contributed by atoms with van der Waals surface area (Å²) in [5, 5.41) is 22.5. The topological polar surface area (TPSA) is 88.8 Å². The molecule has 2 aromatic heterocycles. The van der Waals surface area contributed by atoms with Crippen LogP contribution in [0.15, 0.2) is 43.6 Å². The number of phenols is 1. The normalized spacial score (nSPS) is 25.4. The second-order valence-electron chi connectivity index (χ2n) is 8.56. The van der Waals surface area contributed by atoms with E-state index < -0.39 is 5.82 Å². The lowest BCUT2D eigenvalue weighted by Crippen LogP contribution is -2.47. The fraction of sp³-hybridized carbons (Fsp3) is 0.364. The fourth-order valence-electron chi connectivity index (χ4n) is 4.79. The Morgan fingerprint density at radius 2 is 2.23 bits per heavy atom. The van der Waals surface area contributed by atoms with Crippen molar-refractivity contribution < 1.29 is 9.50 Å². The number of rotatable bonds is 4. The average Bonchev–Trinajstić information content (AvgIpc) is 3.36. The summed E-state index contributed by atoms with van der Waals surface area (Å²) in [4.78, 5) is 8.23. The third-order valence-electron chi connectivity index (χ3n) is 6.34. The van der Waals surface area contributed by atoms with E-state index in [0.29, 0.717) is 17.7 Å². The maximum atomic E-state index is 14.6. The summed E-state index contributed by atoms with van der Waals surface area (Å²) in [6.45, 7) is 6.53. The van der Waals surface area contributed by atoms with Gasteiger partial charge in [0.1, 0.15) is 17.3 Å². The van der Waals surface area contributed by atoms with E-state index in [-0.39, 0.29) is 28.4 Å². The average molecular weight is 406 g/mol. The Kier molecular flexibility index (Phi) is 4.39. The number of hydrogen-bond acceptors (Lipinski definition) is 6. The van der Waals surface area contributed by atoms with Gasteiger partial charge in [0.25, 0.3) is 0 Å². The first kappa shape index (κ1) is 18.9. The van der Waals surface area contributed by atoms with Gasteiger partial charge in [-0.15, -0.1) is 10.2 Å².